The van der Waals surface area contributed by atoms with Crippen LogP contribution in [0.15, 0.2) is 97.6 Å². The van der Waals surface area contributed by atoms with Gasteiger partial charge in [-0.3, -0.25) is 4.98 Å². The number of nitrogen functional groups attached to an aromatic ring is 1. The van der Waals surface area contributed by atoms with E-state index in [9.17, 15) is 0 Å². The molecule has 0 aliphatic rings. The Morgan fingerprint density at radius 1 is 1.00 bits per heavy atom. The summed E-state index contributed by atoms with van der Waals surface area (Å²) >= 11 is 0. The molecule has 1 heterocycles. The van der Waals surface area contributed by atoms with Crippen LogP contribution in [0.2, 0.25) is 0 Å². The first kappa shape index (κ1) is 18.4. The Morgan fingerprint density at radius 3 is 2.44 bits per heavy atom. The van der Waals surface area contributed by atoms with E-state index in [1.54, 1.807) is 0 Å². The van der Waals surface area contributed by atoms with Gasteiger partial charge in [0.15, 0.2) is 0 Å². The van der Waals surface area contributed by atoms with Crippen molar-refractivity contribution in [3.63, 3.8) is 0 Å². The van der Waals surface area contributed by atoms with E-state index in [2.05, 4.69) is 36.9 Å². The maximum absolute atomic E-state index is 6.14. The number of para-hydroxylation sites is 1. The third kappa shape index (κ3) is 4.62. The summed E-state index contributed by atoms with van der Waals surface area (Å²) in [5.74, 6) is 0. The first-order chi connectivity index (χ1) is 13.2. The maximum atomic E-state index is 6.14. The molecule has 0 unspecified atom stereocenters. The van der Waals surface area contributed by atoms with Crippen molar-refractivity contribution in [3.05, 3.63) is 115 Å². The molecule has 3 aromatic rings. The van der Waals surface area contributed by atoms with Crippen molar-refractivity contribution in [2.75, 3.05) is 5.73 Å². The van der Waals surface area contributed by atoms with E-state index in [4.69, 9.17) is 10.7 Å². The lowest BCUT2D eigenvalue weighted by Crippen LogP contribution is -2.00. The van der Waals surface area contributed by atoms with E-state index in [1.165, 1.54) is 0 Å². The minimum absolute atomic E-state index is 0.689. The lowest BCUT2D eigenvalue weighted by molar-refractivity contribution is 1.06. The third-order valence-electron chi connectivity index (χ3n) is 4.40. The Kier molecular flexibility index (Phi) is 6.01. The van der Waals surface area contributed by atoms with E-state index in [-0.39, 0.29) is 0 Å². The summed E-state index contributed by atoms with van der Waals surface area (Å²) in [4.78, 5) is 4.89. The van der Waals surface area contributed by atoms with Gasteiger partial charge < -0.3 is 5.73 Å². The second-order valence-corrected chi connectivity index (χ2v) is 6.33. The maximum Gasteiger partial charge on any atom is 0.0711 e. The zero-order valence-corrected chi connectivity index (χ0v) is 15.6. The molecule has 2 heteroatoms. The number of pyridine rings is 1. The molecule has 0 aliphatic carbocycles. The normalized spacial score (nSPS) is 11.7. The van der Waals surface area contributed by atoms with Gasteiger partial charge in [-0.25, -0.2) is 0 Å². The summed E-state index contributed by atoms with van der Waals surface area (Å²) < 4.78 is 0. The van der Waals surface area contributed by atoms with E-state index in [0.29, 0.717) is 6.42 Å². The van der Waals surface area contributed by atoms with Gasteiger partial charge in [0.2, 0.25) is 0 Å². The van der Waals surface area contributed by atoms with Gasteiger partial charge >= 0.3 is 0 Å². The molecule has 27 heavy (non-hydrogen) atoms. The van der Waals surface area contributed by atoms with Crippen molar-refractivity contribution in [1.82, 2.24) is 4.98 Å². The molecule has 0 bridgehead atoms. The molecule has 134 valence electrons. The van der Waals surface area contributed by atoms with Gasteiger partial charge in [-0.1, -0.05) is 79.4 Å². The molecule has 0 fully saturated rings. The van der Waals surface area contributed by atoms with Gasteiger partial charge in [-0.15, -0.1) is 0 Å². The minimum Gasteiger partial charge on any atom is -0.398 e. The van der Waals surface area contributed by atoms with Crippen LogP contribution < -0.4 is 5.73 Å². The van der Waals surface area contributed by atoms with Crippen LogP contribution in [0.1, 0.15) is 23.9 Å². The van der Waals surface area contributed by atoms with Crippen LogP contribution >= 0.6 is 0 Å². The molecule has 3 rings (SSSR count). The summed E-state index contributed by atoms with van der Waals surface area (Å²) in [5.41, 5.74) is 13.2. The van der Waals surface area contributed by atoms with Crippen molar-refractivity contribution < 1.29 is 0 Å². The topological polar surface area (TPSA) is 38.9 Å². The fraction of sp³-hybridized carbons (Fsp3) is 0.0800. The first-order valence-electron chi connectivity index (χ1n) is 9.07. The number of allylic oxidation sites excluding steroid dienone is 5. The molecule has 0 atom stereocenters. The van der Waals surface area contributed by atoms with Crippen LogP contribution in [-0.4, -0.2) is 4.98 Å². The van der Waals surface area contributed by atoms with E-state index >= 15 is 0 Å². The lowest BCUT2D eigenvalue weighted by Gasteiger charge is -2.11. The largest absolute Gasteiger partial charge is 0.398 e. The van der Waals surface area contributed by atoms with Crippen molar-refractivity contribution >= 4 is 11.3 Å². The number of nitrogens with two attached hydrogens (primary N) is 1. The number of nitrogens with zero attached hydrogens (tertiary/aromatic N) is 1. The van der Waals surface area contributed by atoms with Crippen LogP contribution in [0.3, 0.4) is 0 Å². The Labute approximate surface area is 161 Å². The number of rotatable bonds is 6. The first-order valence-corrected chi connectivity index (χ1v) is 9.07. The van der Waals surface area contributed by atoms with Gasteiger partial charge in [0.05, 0.1) is 5.69 Å². The summed E-state index contributed by atoms with van der Waals surface area (Å²) in [5, 5.41) is 0. The SMILES string of the molecule is C=C/C(=C\C=C/C)c1cc(-c2ccccc2)cc(Cc2ccccc2N)n1. The second kappa shape index (κ2) is 8.81. The summed E-state index contributed by atoms with van der Waals surface area (Å²) in [7, 11) is 0. The molecular weight excluding hydrogens is 328 g/mol. The Balaban J connectivity index is 2.11. The number of aromatic nitrogens is 1. The zero-order valence-electron chi connectivity index (χ0n) is 15.6. The lowest BCUT2D eigenvalue weighted by atomic mass is 9.99. The molecule has 0 saturated carbocycles. The number of hydrogen-bond acceptors (Lipinski definition) is 2. The molecule has 2 aromatic carbocycles. The van der Waals surface area contributed by atoms with Gasteiger partial charge in [0, 0.05) is 17.8 Å². The van der Waals surface area contributed by atoms with E-state index in [1.807, 2.05) is 67.6 Å². The molecule has 0 radical (unpaired) electrons. The summed E-state index contributed by atoms with van der Waals surface area (Å²) in [6.45, 7) is 5.95. The fourth-order valence-corrected chi connectivity index (χ4v) is 2.97. The minimum atomic E-state index is 0.689. The Hall–Kier alpha value is -3.39. The van der Waals surface area contributed by atoms with Gasteiger partial charge in [-0.05, 0) is 47.4 Å². The predicted octanol–water partition coefficient (Wildman–Crippen LogP) is 6.07. The average Bonchev–Trinajstić information content (AvgIpc) is 2.71. The van der Waals surface area contributed by atoms with Gasteiger partial charge in [0.25, 0.3) is 0 Å². The number of anilines is 1. The standard InChI is InChI=1S/C25H24N2/c1-3-5-11-19(4-2)25-18-22(20-12-7-6-8-13-20)17-23(27-25)16-21-14-9-10-15-24(21)26/h3-15,17-18H,2,16,26H2,1H3/b5-3-,19-11+. The molecule has 2 N–H and O–H groups in total. The quantitative estimate of drug-likeness (QED) is 0.432. The van der Waals surface area contributed by atoms with Crippen molar-refractivity contribution in [2.45, 2.75) is 13.3 Å². The Morgan fingerprint density at radius 2 is 1.74 bits per heavy atom. The molecule has 0 amide bonds. The molecule has 2 nitrogen and oxygen atoms in total. The second-order valence-electron chi connectivity index (χ2n) is 6.33. The number of benzene rings is 2. The van der Waals surface area contributed by atoms with Crippen LogP contribution in [0.5, 0.6) is 0 Å². The Bertz CT molecular complexity index is 982. The monoisotopic (exact) mass is 352 g/mol. The van der Waals surface area contributed by atoms with Crippen LogP contribution in [0.25, 0.3) is 16.7 Å². The highest BCUT2D eigenvalue weighted by Gasteiger charge is 2.09. The van der Waals surface area contributed by atoms with Crippen LogP contribution in [-0.2, 0) is 6.42 Å². The fourth-order valence-electron chi connectivity index (χ4n) is 2.97. The van der Waals surface area contributed by atoms with Crippen molar-refractivity contribution in [2.24, 2.45) is 0 Å². The molecule has 0 spiro atoms. The highest BCUT2D eigenvalue weighted by atomic mass is 14.7. The van der Waals surface area contributed by atoms with Crippen molar-refractivity contribution in [3.8, 4) is 11.1 Å². The van der Waals surface area contributed by atoms with Crippen LogP contribution in [0.4, 0.5) is 5.69 Å². The van der Waals surface area contributed by atoms with Gasteiger partial charge in [0.1, 0.15) is 0 Å². The molecule has 1 aromatic heterocycles. The summed E-state index contributed by atoms with van der Waals surface area (Å²) in [6, 6.07) is 22.6. The highest BCUT2D eigenvalue weighted by Crippen LogP contribution is 2.26. The molecule has 0 aliphatic heterocycles. The van der Waals surface area contributed by atoms with Crippen molar-refractivity contribution in [1.29, 1.82) is 0 Å². The third-order valence-corrected chi connectivity index (χ3v) is 4.40. The highest BCUT2D eigenvalue weighted by molar-refractivity contribution is 5.76. The van der Waals surface area contributed by atoms with Crippen LogP contribution in [0, 0.1) is 0 Å². The van der Waals surface area contributed by atoms with Gasteiger partial charge in [-0.2, -0.15) is 0 Å². The smallest absolute Gasteiger partial charge is 0.0711 e. The summed E-state index contributed by atoms with van der Waals surface area (Å²) in [6.07, 6.45) is 8.57. The van der Waals surface area contributed by atoms with E-state index in [0.717, 1.165) is 39.3 Å². The molecular formula is C25H24N2. The average molecular weight is 352 g/mol. The zero-order chi connectivity index (χ0) is 19.1. The predicted molar refractivity (Wildman–Crippen MR) is 116 cm³/mol. The number of hydrogen-bond donors (Lipinski definition) is 1. The van der Waals surface area contributed by atoms with E-state index < -0.39 is 0 Å². The molecule has 0 saturated heterocycles.